The van der Waals surface area contributed by atoms with Crippen molar-refractivity contribution < 1.29 is 33.0 Å². The number of rotatable bonds is 5. The van der Waals surface area contributed by atoms with E-state index in [1.807, 2.05) is 0 Å². The van der Waals surface area contributed by atoms with Gasteiger partial charge in [0.15, 0.2) is 0 Å². The van der Waals surface area contributed by atoms with Crippen LogP contribution in [0.25, 0.3) is 0 Å². The lowest BCUT2D eigenvalue weighted by Crippen LogP contribution is -2.50. The molecule has 0 radical (unpaired) electrons. The summed E-state index contributed by atoms with van der Waals surface area (Å²) >= 11 is 0. The number of piperazine rings is 1. The first-order chi connectivity index (χ1) is 14.7. The number of amides is 3. The van der Waals surface area contributed by atoms with Gasteiger partial charge in [-0.25, -0.2) is 13.6 Å². The number of nitrogens with two attached hydrogens (primary N) is 1. The third-order valence-corrected chi connectivity index (χ3v) is 5.04. The molecule has 2 aromatic rings. The zero-order valence-electron chi connectivity index (χ0n) is 16.7. The zero-order valence-corrected chi connectivity index (χ0v) is 16.7. The topological polar surface area (TPSA) is 113 Å². The van der Waals surface area contributed by atoms with Gasteiger partial charge in [0.05, 0.1) is 11.1 Å². The molecule has 1 aliphatic heterocycles. The van der Waals surface area contributed by atoms with Crippen molar-refractivity contribution in [2.75, 3.05) is 26.2 Å². The van der Waals surface area contributed by atoms with Crippen LogP contribution in [0.5, 0.6) is 5.75 Å². The highest BCUT2D eigenvalue weighted by molar-refractivity contribution is 5.96. The second kappa shape index (κ2) is 8.99. The molecule has 0 spiro atoms. The third kappa shape index (κ3) is 4.90. The maximum absolute atomic E-state index is 14.4. The Morgan fingerprint density at radius 2 is 1.65 bits per heavy atom. The molecule has 10 heteroatoms. The molecule has 2 aromatic carbocycles. The molecule has 8 nitrogen and oxygen atoms in total. The standard InChI is InChI=1S/C21H21F2N3O5/c1-12(31-18-5-3-14(22)11-16(18)19(24)27)13-2-4-17(23)15(10-13)20(28)25-6-8-26(9-7-25)21(29)30/h2-5,10-12H,6-9H2,1H3,(H2,24,27)(H,29,30). The van der Waals surface area contributed by atoms with Crippen LogP contribution in [0.15, 0.2) is 36.4 Å². The summed E-state index contributed by atoms with van der Waals surface area (Å²) in [5, 5.41) is 9.01. The van der Waals surface area contributed by atoms with Crippen LogP contribution in [0.4, 0.5) is 13.6 Å². The highest BCUT2D eigenvalue weighted by Crippen LogP contribution is 2.27. The Balaban J connectivity index is 1.79. The predicted molar refractivity (Wildman–Crippen MR) is 106 cm³/mol. The molecule has 1 fully saturated rings. The largest absolute Gasteiger partial charge is 0.485 e. The van der Waals surface area contributed by atoms with Gasteiger partial charge in [0.25, 0.3) is 11.8 Å². The molecule has 1 heterocycles. The Kier molecular flexibility index (Phi) is 6.38. The van der Waals surface area contributed by atoms with E-state index >= 15 is 0 Å². The Morgan fingerprint density at radius 3 is 2.26 bits per heavy atom. The summed E-state index contributed by atoms with van der Waals surface area (Å²) in [5.41, 5.74) is 5.41. The van der Waals surface area contributed by atoms with E-state index in [9.17, 15) is 23.2 Å². The number of hydrogen-bond acceptors (Lipinski definition) is 4. The molecule has 0 aromatic heterocycles. The Morgan fingerprint density at radius 1 is 1.00 bits per heavy atom. The molecule has 0 saturated carbocycles. The van der Waals surface area contributed by atoms with Crippen molar-refractivity contribution in [2.45, 2.75) is 13.0 Å². The van der Waals surface area contributed by atoms with Gasteiger partial charge in [-0.05, 0) is 42.8 Å². The summed E-state index contributed by atoms with van der Waals surface area (Å²) in [6.45, 7) is 2.21. The minimum Gasteiger partial charge on any atom is -0.485 e. The lowest BCUT2D eigenvalue weighted by Gasteiger charge is -2.33. The molecule has 31 heavy (non-hydrogen) atoms. The molecule has 3 amide bonds. The number of nitrogens with zero attached hydrogens (tertiary/aromatic N) is 2. The van der Waals surface area contributed by atoms with E-state index in [4.69, 9.17) is 15.6 Å². The minimum atomic E-state index is -1.07. The van der Waals surface area contributed by atoms with E-state index < -0.39 is 35.6 Å². The molecule has 0 aliphatic carbocycles. The average Bonchev–Trinajstić information content (AvgIpc) is 2.74. The first kappa shape index (κ1) is 22.0. The van der Waals surface area contributed by atoms with Crippen molar-refractivity contribution in [1.29, 1.82) is 0 Å². The summed E-state index contributed by atoms with van der Waals surface area (Å²) in [7, 11) is 0. The van der Waals surface area contributed by atoms with Crippen LogP contribution in [0.1, 0.15) is 39.3 Å². The molecule has 3 rings (SSSR count). The molecule has 1 saturated heterocycles. The average molecular weight is 433 g/mol. The first-order valence-corrected chi connectivity index (χ1v) is 9.50. The second-order valence-corrected chi connectivity index (χ2v) is 7.07. The van der Waals surface area contributed by atoms with Crippen LogP contribution >= 0.6 is 0 Å². The van der Waals surface area contributed by atoms with E-state index in [1.165, 1.54) is 28.0 Å². The minimum absolute atomic E-state index is 0.0587. The smallest absolute Gasteiger partial charge is 0.407 e. The van der Waals surface area contributed by atoms with Gasteiger partial charge in [-0.3, -0.25) is 9.59 Å². The molecule has 3 N–H and O–H groups in total. The van der Waals surface area contributed by atoms with E-state index in [0.717, 1.165) is 18.2 Å². The summed E-state index contributed by atoms with van der Waals surface area (Å²) in [4.78, 5) is 37.9. The molecular weight excluding hydrogens is 412 g/mol. The van der Waals surface area contributed by atoms with Gasteiger partial charge in [-0.1, -0.05) is 6.07 Å². The number of hydrogen-bond donors (Lipinski definition) is 2. The lowest BCUT2D eigenvalue weighted by atomic mass is 10.0. The van der Waals surface area contributed by atoms with Crippen LogP contribution in [-0.4, -0.2) is 59.0 Å². The van der Waals surface area contributed by atoms with Gasteiger partial charge in [0.1, 0.15) is 23.5 Å². The van der Waals surface area contributed by atoms with Crippen molar-refractivity contribution in [3.05, 3.63) is 64.7 Å². The highest BCUT2D eigenvalue weighted by Gasteiger charge is 2.27. The van der Waals surface area contributed by atoms with E-state index in [1.54, 1.807) is 6.92 Å². The first-order valence-electron chi connectivity index (χ1n) is 9.50. The summed E-state index contributed by atoms with van der Waals surface area (Å²) in [5.74, 6) is -2.73. The SMILES string of the molecule is CC(Oc1ccc(F)cc1C(N)=O)c1ccc(F)c(C(=O)N2CCN(C(=O)O)CC2)c1. The lowest BCUT2D eigenvalue weighted by molar-refractivity contribution is 0.0620. The van der Waals surface area contributed by atoms with E-state index in [-0.39, 0.29) is 43.1 Å². The van der Waals surface area contributed by atoms with Gasteiger partial charge in [0.2, 0.25) is 0 Å². The monoisotopic (exact) mass is 433 g/mol. The van der Waals surface area contributed by atoms with Crippen LogP contribution in [0.2, 0.25) is 0 Å². The fraction of sp³-hybridized carbons (Fsp3) is 0.286. The van der Waals surface area contributed by atoms with Crippen molar-refractivity contribution in [1.82, 2.24) is 9.80 Å². The Labute approximate surface area is 176 Å². The molecule has 0 bridgehead atoms. The highest BCUT2D eigenvalue weighted by atomic mass is 19.1. The Hall–Kier alpha value is -3.69. The van der Waals surface area contributed by atoms with Gasteiger partial charge >= 0.3 is 6.09 Å². The molecule has 1 atom stereocenters. The summed E-state index contributed by atoms with van der Waals surface area (Å²) in [6.07, 6.45) is -1.78. The van der Waals surface area contributed by atoms with Gasteiger partial charge in [-0.15, -0.1) is 0 Å². The summed E-state index contributed by atoms with van der Waals surface area (Å²) in [6, 6.07) is 7.26. The number of carbonyl (C=O) groups excluding carboxylic acids is 2. The molecule has 1 aliphatic rings. The summed E-state index contributed by atoms with van der Waals surface area (Å²) < 4.78 is 33.5. The number of benzene rings is 2. The fourth-order valence-electron chi connectivity index (χ4n) is 3.29. The van der Waals surface area contributed by atoms with Crippen molar-refractivity contribution >= 4 is 17.9 Å². The van der Waals surface area contributed by atoms with Crippen molar-refractivity contribution in [3.63, 3.8) is 0 Å². The van der Waals surface area contributed by atoms with Gasteiger partial charge in [0, 0.05) is 26.2 Å². The molecule has 1 unspecified atom stereocenters. The fourth-order valence-corrected chi connectivity index (χ4v) is 3.29. The van der Waals surface area contributed by atoms with Gasteiger partial charge in [-0.2, -0.15) is 0 Å². The van der Waals surface area contributed by atoms with Crippen molar-refractivity contribution in [2.24, 2.45) is 5.73 Å². The number of primary amides is 1. The van der Waals surface area contributed by atoms with Crippen LogP contribution in [0.3, 0.4) is 0 Å². The Bertz CT molecular complexity index is 1020. The van der Waals surface area contributed by atoms with Crippen molar-refractivity contribution in [3.8, 4) is 5.75 Å². The molecular formula is C21H21F2N3O5. The maximum atomic E-state index is 14.4. The van der Waals surface area contributed by atoms with E-state index in [2.05, 4.69) is 0 Å². The van der Waals surface area contributed by atoms with Crippen LogP contribution in [-0.2, 0) is 0 Å². The maximum Gasteiger partial charge on any atom is 0.407 e. The second-order valence-electron chi connectivity index (χ2n) is 7.07. The third-order valence-electron chi connectivity index (χ3n) is 5.04. The van der Waals surface area contributed by atoms with E-state index in [0.29, 0.717) is 5.56 Å². The predicted octanol–water partition coefficient (Wildman–Crippen LogP) is 2.64. The number of ether oxygens (including phenoxy) is 1. The number of carbonyl (C=O) groups is 3. The van der Waals surface area contributed by atoms with Crippen LogP contribution in [0, 0.1) is 11.6 Å². The zero-order chi connectivity index (χ0) is 22.7. The number of carboxylic acid groups (broad SMARTS) is 1. The normalized spacial score (nSPS) is 14.8. The molecule has 164 valence electrons. The van der Waals surface area contributed by atoms with Crippen LogP contribution < -0.4 is 10.5 Å². The quantitative estimate of drug-likeness (QED) is 0.753. The van der Waals surface area contributed by atoms with Gasteiger partial charge < -0.3 is 25.4 Å². The number of halogens is 2.